The fourth-order valence-corrected chi connectivity index (χ4v) is 8.78. The minimum atomic E-state index is -0.155. The highest BCUT2D eigenvalue weighted by Crippen LogP contribution is 2.48. The maximum absolute atomic E-state index is 4.98. The van der Waals surface area contributed by atoms with Gasteiger partial charge in [0.1, 0.15) is 0 Å². The molecule has 0 amide bonds. The fourth-order valence-electron chi connectivity index (χ4n) is 6.47. The smallest absolute Gasteiger partial charge is 0.155 e. The second-order valence-electron chi connectivity index (χ2n) is 12.6. The zero-order valence-electron chi connectivity index (χ0n) is 26.1. The average molecular weight is 601 g/mol. The van der Waals surface area contributed by atoms with Crippen LogP contribution in [0.2, 0.25) is 0 Å². The van der Waals surface area contributed by atoms with Crippen molar-refractivity contribution in [3.05, 3.63) is 148 Å². The fraction of sp³-hybridized carbons (Fsp3) is 0.256. The highest BCUT2D eigenvalue weighted by atomic mass is 32.2. The standard InChI is InChI=1S/C39H40N2S2/c1-26-14-8-9-15-30(26)38(3,4)27(2)20-21-28-22-23-29(36(28)43-37-40-32-17-11-13-19-34(32)42-37)24-25-35-39(5,6)31-16-10-12-18-33(31)41(35)7/h8-21,24-25H,2,22-23H2,1,3-7H3/b21-20+,29-24+,35-25+. The first-order valence-electron chi connectivity index (χ1n) is 15.0. The Balaban J connectivity index is 1.37. The van der Waals surface area contributed by atoms with E-state index in [2.05, 4.69) is 150 Å². The highest BCUT2D eigenvalue weighted by molar-refractivity contribution is 8.05. The summed E-state index contributed by atoms with van der Waals surface area (Å²) in [4.78, 5) is 8.66. The van der Waals surface area contributed by atoms with E-state index in [1.54, 1.807) is 11.3 Å². The number of thiazole rings is 1. The van der Waals surface area contributed by atoms with Crippen molar-refractivity contribution >= 4 is 39.0 Å². The second-order valence-corrected chi connectivity index (χ2v) is 14.9. The van der Waals surface area contributed by atoms with Gasteiger partial charge in [-0.2, -0.15) is 0 Å². The lowest BCUT2D eigenvalue weighted by molar-refractivity contribution is 0.636. The van der Waals surface area contributed by atoms with Crippen molar-refractivity contribution in [2.24, 2.45) is 0 Å². The molecule has 4 heteroatoms. The lowest BCUT2D eigenvalue weighted by Gasteiger charge is -2.28. The third-order valence-corrected chi connectivity index (χ3v) is 11.5. The summed E-state index contributed by atoms with van der Waals surface area (Å²) in [5.41, 5.74) is 11.3. The Kier molecular flexibility index (Phi) is 7.87. The van der Waals surface area contributed by atoms with Crippen LogP contribution in [-0.2, 0) is 10.8 Å². The summed E-state index contributed by atoms with van der Waals surface area (Å²) in [6.07, 6.45) is 11.3. The number of hydrogen-bond acceptors (Lipinski definition) is 4. The number of aryl methyl sites for hydroxylation is 1. The summed E-state index contributed by atoms with van der Waals surface area (Å²) in [6.45, 7) is 15.9. The number of benzene rings is 3. The molecule has 218 valence electrons. The van der Waals surface area contributed by atoms with E-state index in [1.165, 1.54) is 48.8 Å². The first-order chi connectivity index (χ1) is 20.6. The molecule has 4 aromatic rings. The van der Waals surface area contributed by atoms with Crippen LogP contribution in [0.25, 0.3) is 10.2 Å². The molecule has 0 spiro atoms. The lowest BCUT2D eigenvalue weighted by atomic mass is 9.76. The van der Waals surface area contributed by atoms with E-state index in [4.69, 9.17) is 4.98 Å². The molecule has 2 heterocycles. The third-order valence-electron chi connectivity index (χ3n) is 9.20. The van der Waals surface area contributed by atoms with Crippen LogP contribution in [0.4, 0.5) is 5.69 Å². The van der Waals surface area contributed by atoms with Crippen molar-refractivity contribution in [3.63, 3.8) is 0 Å². The van der Waals surface area contributed by atoms with Gasteiger partial charge in [0.05, 0.1) is 10.2 Å². The molecule has 2 aliphatic rings. The first kappa shape index (κ1) is 29.5. The molecule has 0 unspecified atom stereocenters. The van der Waals surface area contributed by atoms with Gasteiger partial charge in [-0.05, 0) is 77.5 Å². The molecule has 3 aromatic carbocycles. The van der Waals surface area contributed by atoms with Crippen LogP contribution in [0, 0.1) is 6.92 Å². The van der Waals surface area contributed by atoms with E-state index in [-0.39, 0.29) is 10.8 Å². The number of anilines is 1. The van der Waals surface area contributed by atoms with Crippen molar-refractivity contribution in [2.45, 2.75) is 62.6 Å². The van der Waals surface area contributed by atoms with Gasteiger partial charge in [-0.15, -0.1) is 11.3 Å². The molecule has 0 bridgehead atoms. The maximum atomic E-state index is 4.98. The van der Waals surface area contributed by atoms with Crippen molar-refractivity contribution in [1.29, 1.82) is 0 Å². The van der Waals surface area contributed by atoms with Crippen LogP contribution in [0.5, 0.6) is 0 Å². The summed E-state index contributed by atoms with van der Waals surface area (Å²) >= 11 is 3.59. The number of aromatic nitrogens is 1. The Hall–Kier alpha value is -3.60. The molecular weight excluding hydrogens is 561 g/mol. The van der Waals surface area contributed by atoms with E-state index in [9.17, 15) is 0 Å². The van der Waals surface area contributed by atoms with Crippen molar-refractivity contribution < 1.29 is 0 Å². The first-order valence-corrected chi connectivity index (χ1v) is 16.7. The molecule has 43 heavy (non-hydrogen) atoms. The molecule has 6 rings (SSSR count). The van der Waals surface area contributed by atoms with Gasteiger partial charge in [-0.25, -0.2) is 4.98 Å². The number of rotatable bonds is 7. The molecule has 2 nitrogen and oxygen atoms in total. The van der Waals surface area contributed by atoms with Crippen molar-refractivity contribution in [2.75, 3.05) is 11.9 Å². The molecular formula is C39H40N2S2. The summed E-state index contributed by atoms with van der Waals surface area (Å²) in [5.74, 6) is 0. The number of para-hydroxylation sites is 2. The number of fused-ring (bicyclic) bond motifs is 2. The third kappa shape index (κ3) is 5.47. The number of likely N-dealkylation sites (N-methyl/N-ethyl adjacent to an activating group) is 1. The zero-order chi connectivity index (χ0) is 30.4. The Morgan fingerprint density at radius 2 is 1.70 bits per heavy atom. The Bertz CT molecular complexity index is 1810. The summed E-state index contributed by atoms with van der Waals surface area (Å²) < 4.78 is 2.32. The van der Waals surface area contributed by atoms with Gasteiger partial charge in [0, 0.05) is 34.2 Å². The van der Waals surface area contributed by atoms with Crippen LogP contribution in [0.3, 0.4) is 0 Å². The number of hydrogen-bond donors (Lipinski definition) is 0. The molecule has 1 aromatic heterocycles. The largest absolute Gasteiger partial charge is 0.347 e. The SMILES string of the molecule is C=C(/C=C/C1=C(Sc2nc3ccccc3s2)C(=C/C=C2/N(C)c3ccccc3C2(C)C)/CC1)C(C)(C)c1ccccc1C. The van der Waals surface area contributed by atoms with Crippen molar-refractivity contribution in [3.8, 4) is 0 Å². The summed E-state index contributed by atoms with van der Waals surface area (Å²) in [5, 5.41) is 0. The minimum absolute atomic E-state index is 0.0489. The minimum Gasteiger partial charge on any atom is -0.347 e. The van der Waals surface area contributed by atoms with Gasteiger partial charge in [0.15, 0.2) is 4.34 Å². The Morgan fingerprint density at radius 1 is 0.977 bits per heavy atom. The van der Waals surface area contributed by atoms with Crippen LogP contribution >= 0.6 is 23.1 Å². The highest BCUT2D eigenvalue weighted by Gasteiger charge is 2.38. The normalized spacial score (nSPS) is 18.5. The van der Waals surface area contributed by atoms with Crippen LogP contribution in [0.1, 0.15) is 57.2 Å². The lowest BCUT2D eigenvalue weighted by Crippen LogP contribution is -2.22. The maximum Gasteiger partial charge on any atom is 0.155 e. The second kappa shape index (κ2) is 11.5. The van der Waals surface area contributed by atoms with Gasteiger partial charge < -0.3 is 4.90 Å². The van der Waals surface area contributed by atoms with Crippen LogP contribution in [0.15, 0.2) is 135 Å². The van der Waals surface area contributed by atoms with E-state index >= 15 is 0 Å². The molecule has 1 aliphatic carbocycles. The molecule has 0 radical (unpaired) electrons. The van der Waals surface area contributed by atoms with Crippen molar-refractivity contribution in [1.82, 2.24) is 4.98 Å². The van der Waals surface area contributed by atoms with E-state index in [0.29, 0.717) is 0 Å². The zero-order valence-corrected chi connectivity index (χ0v) is 27.7. The number of nitrogens with zero attached hydrogens (tertiary/aromatic N) is 2. The molecule has 0 atom stereocenters. The van der Waals surface area contributed by atoms with E-state index < -0.39 is 0 Å². The molecule has 0 fully saturated rings. The molecule has 0 saturated carbocycles. The topological polar surface area (TPSA) is 16.1 Å². The predicted octanol–water partition coefficient (Wildman–Crippen LogP) is 11.1. The summed E-state index contributed by atoms with van der Waals surface area (Å²) in [7, 11) is 2.19. The van der Waals surface area contributed by atoms with Gasteiger partial charge in [-0.1, -0.05) is 119 Å². The molecule has 1 aliphatic heterocycles. The Labute approximate surface area is 265 Å². The van der Waals surface area contributed by atoms with Gasteiger partial charge >= 0.3 is 0 Å². The summed E-state index contributed by atoms with van der Waals surface area (Å²) in [6, 6.07) is 25.8. The number of thioether (sulfide) groups is 1. The van der Waals surface area contributed by atoms with E-state index in [0.717, 1.165) is 28.3 Å². The quantitative estimate of drug-likeness (QED) is 0.196. The predicted molar refractivity (Wildman–Crippen MR) is 188 cm³/mol. The molecule has 0 N–H and O–H groups in total. The van der Waals surface area contributed by atoms with Gasteiger partial charge in [-0.3, -0.25) is 0 Å². The van der Waals surface area contributed by atoms with Gasteiger partial charge in [0.2, 0.25) is 0 Å². The van der Waals surface area contributed by atoms with Crippen LogP contribution in [-0.4, -0.2) is 12.0 Å². The van der Waals surface area contributed by atoms with Gasteiger partial charge in [0.25, 0.3) is 0 Å². The molecule has 0 saturated heterocycles. The number of allylic oxidation sites excluding steroid dienone is 8. The van der Waals surface area contributed by atoms with Crippen LogP contribution < -0.4 is 4.90 Å². The van der Waals surface area contributed by atoms with E-state index in [1.807, 2.05) is 11.8 Å². The average Bonchev–Trinajstić information content (AvgIpc) is 3.63. The Morgan fingerprint density at radius 3 is 2.47 bits per heavy atom. The monoisotopic (exact) mass is 600 g/mol.